The summed E-state index contributed by atoms with van der Waals surface area (Å²) in [6.07, 6.45) is 5.86. The number of sulfonamides is 1. The van der Waals surface area contributed by atoms with Crippen molar-refractivity contribution in [2.45, 2.75) is 43.8 Å². The van der Waals surface area contributed by atoms with Crippen LogP contribution in [0.15, 0.2) is 0 Å². The summed E-state index contributed by atoms with van der Waals surface area (Å²) in [5, 5.41) is -0.149. The lowest BCUT2D eigenvalue weighted by Gasteiger charge is -2.16. The van der Waals surface area contributed by atoms with Crippen molar-refractivity contribution in [1.29, 1.82) is 0 Å². The SMILES string of the molecule is O=S(=O)(NCC1(CCl)CC1)C1CCCC1. The molecule has 0 atom stereocenters. The minimum absolute atomic E-state index is 0.0766. The van der Waals surface area contributed by atoms with Gasteiger partial charge in [-0.25, -0.2) is 13.1 Å². The normalized spacial score (nSPS) is 25.7. The minimum atomic E-state index is -3.07. The van der Waals surface area contributed by atoms with Gasteiger partial charge in [0.2, 0.25) is 10.0 Å². The summed E-state index contributed by atoms with van der Waals surface area (Å²) in [5.74, 6) is 0.570. The van der Waals surface area contributed by atoms with Crippen molar-refractivity contribution in [1.82, 2.24) is 4.72 Å². The Bertz CT molecular complexity index is 318. The van der Waals surface area contributed by atoms with Gasteiger partial charge < -0.3 is 0 Å². The number of halogens is 1. The van der Waals surface area contributed by atoms with Gasteiger partial charge in [0.25, 0.3) is 0 Å². The maximum atomic E-state index is 11.9. The Labute approximate surface area is 96.6 Å². The first-order chi connectivity index (χ1) is 7.08. The van der Waals surface area contributed by atoms with Crippen molar-refractivity contribution in [3.05, 3.63) is 0 Å². The molecule has 1 N–H and O–H groups in total. The van der Waals surface area contributed by atoms with Crippen molar-refractivity contribution >= 4 is 21.6 Å². The van der Waals surface area contributed by atoms with Crippen LogP contribution in [-0.4, -0.2) is 26.1 Å². The molecule has 0 aromatic carbocycles. The summed E-state index contributed by atoms with van der Waals surface area (Å²) in [6, 6.07) is 0. The molecule has 0 aromatic heterocycles. The predicted molar refractivity (Wildman–Crippen MR) is 61.6 cm³/mol. The van der Waals surface area contributed by atoms with Crippen molar-refractivity contribution < 1.29 is 8.42 Å². The first-order valence-corrected chi connectivity index (χ1v) is 7.71. The van der Waals surface area contributed by atoms with Gasteiger partial charge in [-0.15, -0.1) is 11.6 Å². The minimum Gasteiger partial charge on any atom is -0.214 e. The van der Waals surface area contributed by atoms with Gasteiger partial charge >= 0.3 is 0 Å². The van der Waals surface area contributed by atoms with E-state index in [0.29, 0.717) is 12.4 Å². The van der Waals surface area contributed by atoms with Crippen molar-refractivity contribution in [3.8, 4) is 0 Å². The number of alkyl halides is 1. The quantitative estimate of drug-likeness (QED) is 0.759. The van der Waals surface area contributed by atoms with Crippen LogP contribution in [0.4, 0.5) is 0 Å². The number of nitrogens with one attached hydrogen (secondary N) is 1. The predicted octanol–water partition coefficient (Wildman–Crippen LogP) is 1.87. The summed E-state index contributed by atoms with van der Waals surface area (Å²) < 4.78 is 26.5. The largest absolute Gasteiger partial charge is 0.214 e. The van der Waals surface area contributed by atoms with E-state index in [1.807, 2.05) is 0 Å². The zero-order valence-corrected chi connectivity index (χ0v) is 10.4. The Morgan fingerprint density at radius 2 is 1.87 bits per heavy atom. The van der Waals surface area contributed by atoms with Crippen molar-refractivity contribution in [3.63, 3.8) is 0 Å². The Hall–Kier alpha value is 0.200. The third-order valence-electron chi connectivity index (χ3n) is 3.63. The Morgan fingerprint density at radius 3 is 2.33 bits per heavy atom. The van der Waals surface area contributed by atoms with Crippen LogP contribution in [0, 0.1) is 5.41 Å². The standard InChI is InChI=1S/C10H18ClNO2S/c11-7-10(5-6-10)8-12-15(13,14)9-3-1-2-4-9/h9,12H,1-8H2. The lowest BCUT2D eigenvalue weighted by Crippen LogP contribution is -2.37. The second-order valence-electron chi connectivity index (χ2n) is 4.91. The molecule has 2 rings (SSSR count). The van der Waals surface area contributed by atoms with Gasteiger partial charge in [0.05, 0.1) is 5.25 Å². The van der Waals surface area contributed by atoms with Gasteiger partial charge in [0.1, 0.15) is 0 Å². The van der Waals surface area contributed by atoms with Gasteiger partial charge in [-0.3, -0.25) is 0 Å². The summed E-state index contributed by atoms with van der Waals surface area (Å²) in [6.45, 7) is 0.537. The summed E-state index contributed by atoms with van der Waals surface area (Å²) >= 11 is 5.81. The smallest absolute Gasteiger partial charge is 0.214 e. The summed E-state index contributed by atoms with van der Waals surface area (Å²) in [7, 11) is -3.07. The topological polar surface area (TPSA) is 46.2 Å². The monoisotopic (exact) mass is 251 g/mol. The van der Waals surface area contributed by atoms with E-state index >= 15 is 0 Å². The molecule has 2 aliphatic rings. The van der Waals surface area contributed by atoms with E-state index in [9.17, 15) is 8.42 Å². The second kappa shape index (κ2) is 4.22. The molecule has 2 aliphatic carbocycles. The highest BCUT2D eigenvalue weighted by molar-refractivity contribution is 7.90. The van der Waals surface area contributed by atoms with E-state index in [1.54, 1.807) is 0 Å². The fourth-order valence-electron chi connectivity index (χ4n) is 2.10. The molecule has 2 saturated carbocycles. The van der Waals surface area contributed by atoms with Crippen LogP contribution in [0.1, 0.15) is 38.5 Å². The Kier molecular flexibility index (Phi) is 3.29. The van der Waals surface area contributed by atoms with Gasteiger partial charge in [0.15, 0.2) is 0 Å². The summed E-state index contributed by atoms with van der Waals surface area (Å²) in [4.78, 5) is 0. The number of hydrogen-bond donors (Lipinski definition) is 1. The molecule has 3 nitrogen and oxygen atoms in total. The van der Waals surface area contributed by atoms with E-state index < -0.39 is 10.0 Å². The van der Waals surface area contributed by atoms with Crippen LogP contribution < -0.4 is 4.72 Å². The first kappa shape index (κ1) is 11.7. The molecule has 15 heavy (non-hydrogen) atoms. The molecule has 2 fully saturated rings. The molecule has 0 aromatic rings. The molecule has 0 saturated heterocycles. The molecule has 0 amide bonds. The first-order valence-electron chi connectivity index (χ1n) is 5.62. The molecule has 88 valence electrons. The highest BCUT2D eigenvalue weighted by Crippen LogP contribution is 2.46. The van der Waals surface area contributed by atoms with E-state index in [4.69, 9.17) is 11.6 Å². The molecule has 5 heteroatoms. The molecule has 0 radical (unpaired) electrons. The Morgan fingerprint density at radius 1 is 1.27 bits per heavy atom. The molecule has 0 unspecified atom stereocenters. The molecule has 0 heterocycles. The van der Waals surface area contributed by atoms with Crippen LogP contribution in [0.25, 0.3) is 0 Å². The van der Waals surface area contributed by atoms with Gasteiger partial charge in [-0.2, -0.15) is 0 Å². The summed E-state index contributed by atoms with van der Waals surface area (Å²) in [5.41, 5.74) is 0.0766. The zero-order chi connectivity index (χ0) is 10.9. The molecule has 0 spiro atoms. The second-order valence-corrected chi connectivity index (χ2v) is 7.22. The maximum Gasteiger partial charge on any atom is 0.214 e. The van der Waals surface area contributed by atoms with Crippen molar-refractivity contribution in [2.75, 3.05) is 12.4 Å². The lowest BCUT2D eigenvalue weighted by atomic mass is 10.1. The third-order valence-corrected chi connectivity index (χ3v) is 6.09. The van der Waals surface area contributed by atoms with Crippen LogP contribution in [0.3, 0.4) is 0 Å². The van der Waals surface area contributed by atoms with Gasteiger partial charge in [-0.05, 0) is 31.1 Å². The zero-order valence-electron chi connectivity index (χ0n) is 8.84. The number of hydrogen-bond acceptors (Lipinski definition) is 2. The van der Waals surface area contributed by atoms with E-state index in [0.717, 1.165) is 38.5 Å². The van der Waals surface area contributed by atoms with Gasteiger partial charge in [-0.1, -0.05) is 12.8 Å². The number of rotatable bonds is 5. The van der Waals surface area contributed by atoms with Crippen molar-refractivity contribution in [2.24, 2.45) is 5.41 Å². The van der Waals surface area contributed by atoms with Crippen LogP contribution in [0.5, 0.6) is 0 Å². The molecular weight excluding hydrogens is 234 g/mol. The van der Waals surface area contributed by atoms with E-state index in [1.165, 1.54) is 0 Å². The maximum absolute atomic E-state index is 11.9. The highest BCUT2D eigenvalue weighted by atomic mass is 35.5. The fourth-order valence-corrected chi connectivity index (χ4v) is 4.16. The highest BCUT2D eigenvalue weighted by Gasteiger charge is 2.43. The lowest BCUT2D eigenvalue weighted by molar-refractivity contribution is 0.525. The van der Waals surface area contributed by atoms with Crippen LogP contribution in [0.2, 0.25) is 0 Å². The van der Waals surface area contributed by atoms with E-state index in [2.05, 4.69) is 4.72 Å². The third kappa shape index (κ3) is 2.66. The van der Waals surface area contributed by atoms with Gasteiger partial charge in [0, 0.05) is 12.4 Å². The van der Waals surface area contributed by atoms with Crippen LogP contribution >= 0.6 is 11.6 Å². The molecular formula is C10H18ClNO2S. The van der Waals surface area contributed by atoms with Crippen LogP contribution in [-0.2, 0) is 10.0 Å². The average molecular weight is 252 g/mol. The average Bonchev–Trinajstić information content (AvgIpc) is 2.77. The molecule has 0 aliphatic heterocycles. The van der Waals surface area contributed by atoms with E-state index in [-0.39, 0.29) is 10.7 Å². The Balaban J connectivity index is 1.87. The molecule has 0 bridgehead atoms. The fraction of sp³-hybridized carbons (Fsp3) is 1.00.